The molecular weight excluding hydrogens is 449 g/mol. The van der Waals surface area contributed by atoms with Crippen LogP contribution >= 0.6 is 24.0 Å². The van der Waals surface area contributed by atoms with Crippen molar-refractivity contribution in [3.63, 3.8) is 0 Å². The van der Waals surface area contributed by atoms with Gasteiger partial charge in [-0.2, -0.15) is 0 Å². The molecule has 1 aromatic carbocycles. The van der Waals surface area contributed by atoms with Gasteiger partial charge >= 0.3 is 0 Å². The van der Waals surface area contributed by atoms with E-state index < -0.39 is 0 Å². The van der Waals surface area contributed by atoms with E-state index in [0.29, 0.717) is 0 Å². The van der Waals surface area contributed by atoms with Gasteiger partial charge in [-0.05, 0) is 49.9 Å². The number of fused-ring (bicyclic) bond motifs is 1. The van der Waals surface area contributed by atoms with E-state index >= 15 is 0 Å². The third-order valence-electron chi connectivity index (χ3n) is 4.35. The number of nitrogens with zero attached hydrogens (tertiary/aromatic N) is 2. The molecule has 0 atom stereocenters. The van der Waals surface area contributed by atoms with E-state index in [1.807, 2.05) is 13.1 Å². The van der Waals surface area contributed by atoms with Crippen LogP contribution in [0.1, 0.15) is 23.7 Å². The smallest absolute Gasteiger partial charge is 0.191 e. The summed E-state index contributed by atoms with van der Waals surface area (Å²) < 4.78 is 0. The van der Waals surface area contributed by atoms with E-state index in [4.69, 9.17) is 4.99 Å². The van der Waals surface area contributed by atoms with Crippen LogP contribution in [0.15, 0.2) is 53.8 Å². The molecule has 0 amide bonds. The molecule has 2 aromatic heterocycles. The Hall–Kier alpha value is -2.09. The fourth-order valence-electron chi connectivity index (χ4n) is 2.94. The summed E-state index contributed by atoms with van der Waals surface area (Å²) in [6, 6.07) is 12.6. The highest BCUT2D eigenvalue weighted by atomic mass is 127. The molecule has 0 unspecified atom stereocenters. The Bertz CT molecular complexity index is 854. The van der Waals surface area contributed by atoms with Gasteiger partial charge in [0.05, 0.1) is 0 Å². The maximum atomic E-state index is 4.71. The second-order valence-electron chi connectivity index (χ2n) is 6.35. The number of pyridine rings is 1. The molecule has 0 saturated heterocycles. The van der Waals surface area contributed by atoms with E-state index in [0.717, 1.165) is 44.1 Å². The second-order valence-corrected chi connectivity index (χ2v) is 6.35. The first-order valence-electron chi connectivity index (χ1n) is 9.25. The summed E-state index contributed by atoms with van der Waals surface area (Å²) in [6.07, 6.45) is 5.88. The highest BCUT2D eigenvalue weighted by Crippen LogP contribution is 2.17. The molecule has 5 nitrogen and oxygen atoms in total. The zero-order valence-electron chi connectivity index (χ0n) is 16.0. The average molecular weight is 477 g/mol. The van der Waals surface area contributed by atoms with E-state index in [9.17, 15) is 0 Å². The number of aryl methyl sites for hydroxylation is 1. The minimum absolute atomic E-state index is 0. The van der Waals surface area contributed by atoms with E-state index in [-0.39, 0.29) is 24.0 Å². The fourth-order valence-corrected chi connectivity index (χ4v) is 2.94. The largest absolute Gasteiger partial charge is 0.361 e. The second kappa shape index (κ2) is 10.9. The zero-order chi connectivity index (χ0) is 18.2. The summed E-state index contributed by atoms with van der Waals surface area (Å²) >= 11 is 0. The molecule has 3 N–H and O–H groups in total. The Morgan fingerprint density at radius 2 is 1.96 bits per heavy atom. The first kappa shape index (κ1) is 21.2. The molecular formula is C21H28IN5. The number of aromatic amines is 1. The van der Waals surface area contributed by atoms with Crippen LogP contribution in [0.3, 0.4) is 0 Å². The molecule has 0 radical (unpaired) electrons. The van der Waals surface area contributed by atoms with Crippen LogP contribution in [0.25, 0.3) is 10.9 Å². The van der Waals surface area contributed by atoms with Gasteiger partial charge in [-0.25, -0.2) is 0 Å². The van der Waals surface area contributed by atoms with Crippen molar-refractivity contribution in [1.29, 1.82) is 0 Å². The van der Waals surface area contributed by atoms with Crippen molar-refractivity contribution in [1.82, 2.24) is 20.6 Å². The first-order chi connectivity index (χ1) is 12.8. The molecule has 0 spiro atoms. The number of nitrogens with one attached hydrogen (secondary N) is 3. The number of halogens is 1. The van der Waals surface area contributed by atoms with Gasteiger partial charge in [-0.1, -0.05) is 24.3 Å². The Morgan fingerprint density at radius 1 is 1.11 bits per heavy atom. The van der Waals surface area contributed by atoms with Gasteiger partial charge in [-0.15, -0.1) is 24.0 Å². The number of aliphatic imine (C=N–C) groups is 1. The van der Waals surface area contributed by atoms with Crippen LogP contribution < -0.4 is 10.6 Å². The molecule has 3 rings (SSSR count). The lowest BCUT2D eigenvalue weighted by Crippen LogP contribution is -2.38. The summed E-state index contributed by atoms with van der Waals surface area (Å²) in [5.74, 6) is 0.868. The van der Waals surface area contributed by atoms with Gasteiger partial charge in [0, 0.05) is 48.6 Å². The lowest BCUT2D eigenvalue weighted by molar-refractivity contribution is 0.795. The topological polar surface area (TPSA) is 65.1 Å². The number of guanidine groups is 1. The molecule has 0 aliphatic rings. The third-order valence-corrected chi connectivity index (χ3v) is 4.35. The van der Waals surface area contributed by atoms with Crippen LogP contribution in [-0.2, 0) is 12.8 Å². The molecule has 27 heavy (non-hydrogen) atoms. The summed E-state index contributed by atoms with van der Waals surface area (Å²) in [5.41, 5.74) is 4.78. The summed E-state index contributed by atoms with van der Waals surface area (Å²) in [5, 5.41) is 8.00. The quantitative estimate of drug-likeness (QED) is 0.275. The van der Waals surface area contributed by atoms with Crippen LogP contribution in [0.2, 0.25) is 0 Å². The molecule has 0 bridgehead atoms. The summed E-state index contributed by atoms with van der Waals surface area (Å²) in [7, 11) is 0. The van der Waals surface area contributed by atoms with Crippen molar-refractivity contribution in [2.24, 2.45) is 4.99 Å². The van der Waals surface area contributed by atoms with Gasteiger partial charge in [-0.3, -0.25) is 9.98 Å². The monoisotopic (exact) mass is 477 g/mol. The maximum absolute atomic E-state index is 4.71. The number of aromatic nitrogens is 2. The van der Waals surface area contributed by atoms with Gasteiger partial charge in [0.2, 0.25) is 0 Å². The maximum Gasteiger partial charge on any atom is 0.191 e. The third kappa shape index (κ3) is 6.23. The van der Waals surface area contributed by atoms with Gasteiger partial charge < -0.3 is 15.6 Å². The van der Waals surface area contributed by atoms with Crippen molar-refractivity contribution in [2.45, 2.75) is 26.7 Å². The Kier molecular flexibility index (Phi) is 8.57. The van der Waals surface area contributed by atoms with E-state index in [1.165, 1.54) is 22.0 Å². The number of H-pyrrole nitrogens is 1. The normalized spacial score (nSPS) is 11.3. The van der Waals surface area contributed by atoms with E-state index in [2.05, 4.69) is 70.1 Å². The van der Waals surface area contributed by atoms with Crippen LogP contribution in [0, 0.1) is 6.92 Å². The predicted octanol–water partition coefficient (Wildman–Crippen LogP) is 3.83. The standard InChI is InChI=1S/C21H27N5.HI/c1-3-22-21(23-12-10-17-9-8-16(2)25-14-17)24-13-11-18-15-26-20-7-5-4-6-19(18)20;/h4-9,14-15,26H,3,10-13H2,1-2H3,(H2,22,23,24);1H. The highest BCUT2D eigenvalue weighted by Gasteiger charge is 2.03. The highest BCUT2D eigenvalue weighted by molar-refractivity contribution is 14.0. The van der Waals surface area contributed by atoms with Crippen molar-refractivity contribution in [3.05, 3.63) is 65.6 Å². The van der Waals surface area contributed by atoms with E-state index in [1.54, 1.807) is 0 Å². The van der Waals surface area contributed by atoms with Crippen molar-refractivity contribution >= 4 is 40.8 Å². The Morgan fingerprint density at radius 3 is 2.74 bits per heavy atom. The van der Waals surface area contributed by atoms with Crippen LogP contribution in [-0.4, -0.2) is 35.6 Å². The number of rotatable bonds is 7. The zero-order valence-corrected chi connectivity index (χ0v) is 18.3. The molecule has 6 heteroatoms. The van der Waals surface area contributed by atoms with Gasteiger partial charge in [0.15, 0.2) is 5.96 Å². The molecule has 3 aromatic rings. The molecule has 0 fully saturated rings. The van der Waals surface area contributed by atoms with Gasteiger partial charge in [0.1, 0.15) is 0 Å². The SMILES string of the molecule is CCNC(=NCCc1c[nH]c2ccccc12)NCCc1ccc(C)nc1.I. The molecule has 0 aliphatic heterocycles. The lowest BCUT2D eigenvalue weighted by atomic mass is 10.1. The number of benzene rings is 1. The predicted molar refractivity (Wildman–Crippen MR) is 124 cm³/mol. The summed E-state index contributed by atoms with van der Waals surface area (Å²) in [4.78, 5) is 12.4. The molecule has 0 aliphatic carbocycles. The first-order valence-corrected chi connectivity index (χ1v) is 9.25. The average Bonchev–Trinajstić information content (AvgIpc) is 3.07. The lowest BCUT2D eigenvalue weighted by Gasteiger charge is -2.11. The Balaban J connectivity index is 0.00000261. The van der Waals surface area contributed by atoms with Crippen molar-refractivity contribution < 1.29 is 0 Å². The van der Waals surface area contributed by atoms with Crippen LogP contribution in [0.4, 0.5) is 0 Å². The summed E-state index contributed by atoms with van der Waals surface area (Å²) in [6.45, 7) is 6.53. The molecule has 144 valence electrons. The Labute approximate surface area is 178 Å². The van der Waals surface area contributed by atoms with Crippen molar-refractivity contribution in [3.8, 4) is 0 Å². The number of hydrogen-bond acceptors (Lipinski definition) is 2. The minimum Gasteiger partial charge on any atom is -0.361 e. The van der Waals surface area contributed by atoms with Crippen LogP contribution in [0.5, 0.6) is 0 Å². The fraction of sp³-hybridized carbons (Fsp3) is 0.333. The molecule has 2 heterocycles. The van der Waals surface area contributed by atoms with Gasteiger partial charge in [0.25, 0.3) is 0 Å². The minimum atomic E-state index is 0. The van der Waals surface area contributed by atoms with Crippen molar-refractivity contribution in [2.75, 3.05) is 19.6 Å². The number of para-hydroxylation sites is 1. The molecule has 0 saturated carbocycles. The number of hydrogen-bond donors (Lipinski definition) is 3.